The molecular formula is C18H19N5O. The Labute approximate surface area is 139 Å². The third-order valence-electron chi connectivity index (χ3n) is 5.12. The molecule has 122 valence electrons. The zero-order valence-corrected chi connectivity index (χ0v) is 13.4. The van der Waals surface area contributed by atoms with Gasteiger partial charge in [-0.2, -0.15) is 10.1 Å². The predicted octanol–water partition coefficient (Wildman–Crippen LogP) is 3.14. The first-order valence-electron chi connectivity index (χ1n) is 8.51. The Bertz CT molecular complexity index is 874. The Morgan fingerprint density at radius 3 is 2.62 bits per heavy atom. The van der Waals surface area contributed by atoms with Crippen LogP contribution in [0.15, 0.2) is 41.1 Å². The highest BCUT2D eigenvalue weighted by Gasteiger charge is 2.40. The van der Waals surface area contributed by atoms with Gasteiger partial charge >= 0.3 is 0 Å². The van der Waals surface area contributed by atoms with E-state index < -0.39 is 5.54 Å². The minimum absolute atomic E-state index is 0.406. The van der Waals surface area contributed by atoms with E-state index in [9.17, 15) is 0 Å². The largest absolute Gasteiger partial charge is 0.334 e. The number of para-hydroxylation sites is 1. The molecule has 0 bridgehead atoms. The summed E-state index contributed by atoms with van der Waals surface area (Å²) in [5.74, 6) is 1.66. The van der Waals surface area contributed by atoms with Gasteiger partial charge in [0.25, 0.3) is 5.89 Å². The Morgan fingerprint density at radius 1 is 1.17 bits per heavy atom. The number of benzene rings is 1. The van der Waals surface area contributed by atoms with Crippen LogP contribution in [0.1, 0.15) is 49.5 Å². The van der Waals surface area contributed by atoms with E-state index in [2.05, 4.69) is 27.4 Å². The van der Waals surface area contributed by atoms with Crippen molar-refractivity contribution in [3.8, 4) is 17.1 Å². The van der Waals surface area contributed by atoms with Crippen LogP contribution >= 0.6 is 0 Å². The molecule has 5 rings (SSSR count). The average molecular weight is 321 g/mol. The van der Waals surface area contributed by atoms with Gasteiger partial charge in [-0.25, -0.2) is 4.68 Å². The van der Waals surface area contributed by atoms with Crippen LogP contribution in [0.2, 0.25) is 0 Å². The van der Waals surface area contributed by atoms with E-state index in [0.717, 1.165) is 36.2 Å². The quantitative estimate of drug-likeness (QED) is 0.798. The molecule has 2 fully saturated rings. The number of rotatable bonds is 4. The zero-order valence-electron chi connectivity index (χ0n) is 13.4. The van der Waals surface area contributed by atoms with Crippen molar-refractivity contribution in [2.24, 2.45) is 5.73 Å². The monoisotopic (exact) mass is 321 g/mol. The van der Waals surface area contributed by atoms with Crippen molar-refractivity contribution < 1.29 is 4.52 Å². The summed E-state index contributed by atoms with van der Waals surface area (Å²) in [5, 5.41) is 8.73. The maximum Gasteiger partial charge on any atom is 0.261 e. The Kier molecular flexibility index (Phi) is 2.91. The summed E-state index contributed by atoms with van der Waals surface area (Å²) in [5.41, 5.74) is 9.06. The fourth-order valence-corrected chi connectivity index (χ4v) is 3.36. The highest BCUT2D eigenvalue weighted by molar-refractivity contribution is 5.59. The van der Waals surface area contributed by atoms with Crippen molar-refractivity contribution in [3.05, 3.63) is 48.0 Å². The van der Waals surface area contributed by atoms with Crippen molar-refractivity contribution in [2.75, 3.05) is 0 Å². The van der Waals surface area contributed by atoms with Gasteiger partial charge in [0.2, 0.25) is 0 Å². The van der Waals surface area contributed by atoms with E-state index in [1.807, 2.05) is 29.1 Å². The second kappa shape index (κ2) is 5.01. The van der Waals surface area contributed by atoms with Gasteiger partial charge in [0.1, 0.15) is 0 Å². The number of hydrogen-bond donors (Lipinski definition) is 1. The normalized spacial score (nSPS) is 19.2. The topological polar surface area (TPSA) is 82.8 Å². The minimum Gasteiger partial charge on any atom is -0.334 e. The molecule has 0 aliphatic heterocycles. The fraction of sp³-hybridized carbons (Fsp3) is 0.389. The number of hydrogen-bond acceptors (Lipinski definition) is 5. The summed E-state index contributed by atoms with van der Waals surface area (Å²) >= 11 is 0. The molecule has 2 aromatic heterocycles. The van der Waals surface area contributed by atoms with E-state index >= 15 is 0 Å². The van der Waals surface area contributed by atoms with E-state index in [1.165, 1.54) is 12.8 Å². The molecule has 0 amide bonds. The predicted molar refractivity (Wildman–Crippen MR) is 88.5 cm³/mol. The van der Waals surface area contributed by atoms with Crippen LogP contribution in [0.25, 0.3) is 17.1 Å². The molecule has 3 aromatic rings. The summed E-state index contributed by atoms with van der Waals surface area (Å²) < 4.78 is 7.54. The van der Waals surface area contributed by atoms with Crippen molar-refractivity contribution in [1.29, 1.82) is 0 Å². The number of aromatic nitrogens is 4. The van der Waals surface area contributed by atoms with E-state index in [1.54, 1.807) is 0 Å². The second-order valence-corrected chi connectivity index (χ2v) is 6.90. The molecule has 2 N–H and O–H groups in total. The Balaban J connectivity index is 1.58. The molecule has 2 saturated carbocycles. The second-order valence-electron chi connectivity index (χ2n) is 6.90. The third kappa shape index (κ3) is 2.10. The lowest BCUT2D eigenvalue weighted by Crippen LogP contribution is -2.44. The highest BCUT2D eigenvalue weighted by Crippen LogP contribution is 2.45. The lowest BCUT2D eigenvalue weighted by atomic mass is 9.77. The van der Waals surface area contributed by atoms with Crippen LogP contribution in [-0.4, -0.2) is 19.9 Å². The van der Waals surface area contributed by atoms with Crippen LogP contribution in [0.3, 0.4) is 0 Å². The van der Waals surface area contributed by atoms with E-state index in [4.69, 9.17) is 10.3 Å². The first-order chi connectivity index (χ1) is 11.7. The first-order valence-corrected chi connectivity index (χ1v) is 8.51. The van der Waals surface area contributed by atoms with Gasteiger partial charge < -0.3 is 10.3 Å². The van der Waals surface area contributed by atoms with Gasteiger partial charge in [0, 0.05) is 5.92 Å². The van der Waals surface area contributed by atoms with Crippen molar-refractivity contribution in [2.45, 2.75) is 43.6 Å². The standard InChI is InChI=1S/C18H19N5O/c19-18(9-4-10-18)17-21-16(24-22-17)14-11-20-23(15(14)12-7-8-12)13-5-2-1-3-6-13/h1-3,5-6,11-12H,4,7-10,19H2. The Morgan fingerprint density at radius 2 is 1.96 bits per heavy atom. The summed E-state index contributed by atoms with van der Waals surface area (Å²) in [6.45, 7) is 0. The van der Waals surface area contributed by atoms with Crippen LogP contribution in [0, 0.1) is 0 Å². The van der Waals surface area contributed by atoms with E-state index in [-0.39, 0.29) is 0 Å². The molecule has 0 saturated heterocycles. The third-order valence-corrected chi connectivity index (χ3v) is 5.12. The summed E-state index contributed by atoms with van der Waals surface area (Å²) in [6, 6.07) is 10.2. The number of nitrogens with zero attached hydrogens (tertiary/aromatic N) is 4. The molecule has 1 aromatic carbocycles. The molecule has 2 aliphatic carbocycles. The van der Waals surface area contributed by atoms with Gasteiger partial charge in [-0.15, -0.1) is 0 Å². The van der Waals surface area contributed by atoms with Crippen LogP contribution < -0.4 is 5.73 Å². The van der Waals surface area contributed by atoms with Gasteiger partial charge in [0.05, 0.1) is 28.7 Å². The van der Waals surface area contributed by atoms with Crippen LogP contribution in [0.5, 0.6) is 0 Å². The maximum atomic E-state index is 6.32. The van der Waals surface area contributed by atoms with Crippen LogP contribution in [0.4, 0.5) is 0 Å². The zero-order chi connectivity index (χ0) is 16.1. The smallest absolute Gasteiger partial charge is 0.261 e. The van der Waals surface area contributed by atoms with E-state index in [0.29, 0.717) is 17.6 Å². The number of nitrogens with two attached hydrogens (primary N) is 1. The van der Waals surface area contributed by atoms with Gasteiger partial charge in [-0.3, -0.25) is 0 Å². The SMILES string of the molecule is NC1(c2noc(-c3cnn(-c4ccccc4)c3C3CC3)n2)CCC1. The molecule has 24 heavy (non-hydrogen) atoms. The maximum absolute atomic E-state index is 6.32. The first kappa shape index (κ1) is 13.9. The molecule has 0 radical (unpaired) electrons. The van der Waals surface area contributed by atoms with Gasteiger partial charge in [-0.05, 0) is 44.2 Å². The van der Waals surface area contributed by atoms with Crippen molar-refractivity contribution >= 4 is 0 Å². The molecule has 0 atom stereocenters. The lowest BCUT2D eigenvalue weighted by molar-refractivity contribution is 0.229. The lowest BCUT2D eigenvalue weighted by Gasteiger charge is -2.34. The molecule has 6 heteroatoms. The van der Waals surface area contributed by atoms with Crippen molar-refractivity contribution in [1.82, 2.24) is 19.9 Å². The summed E-state index contributed by atoms with van der Waals surface area (Å²) in [7, 11) is 0. The molecular weight excluding hydrogens is 302 g/mol. The molecule has 2 heterocycles. The van der Waals surface area contributed by atoms with Gasteiger partial charge in [0.15, 0.2) is 5.82 Å². The molecule has 0 unspecified atom stereocenters. The molecule has 2 aliphatic rings. The fourth-order valence-electron chi connectivity index (χ4n) is 3.36. The summed E-state index contributed by atoms with van der Waals surface area (Å²) in [6.07, 6.45) is 7.15. The summed E-state index contributed by atoms with van der Waals surface area (Å²) in [4.78, 5) is 4.60. The minimum atomic E-state index is -0.406. The molecule has 6 nitrogen and oxygen atoms in total. The average Bonchev–Trinajstić information content (AvgIpc) is 3.13. The van der Waals surface area contributed by atoms with Gasteiger partial charge in [-0.1, -0.05) is 23.4 Å². The van der Waals surface area contributed by atoms with Crippen LogP contribution in [-0.2, 0) is 5.54 Å². The molecule has 0 spiro atoms. The Hall–Kier alpha value is -2.47. The highest BCUT2D eigenvalue weighted by atomic mass is 16.5. The van der Waals surface area contributed by atoms with Crippen molar-refractivity contribution in [3.63, 3.8) is 0 Å².